The van der Waals surface area contributed by atoms with Gasteiger partial charge in [-0.1, -0.05) is 13.0 Å². The lowest BCUT2D eigenvalue weighted by atomic mass is 10.1. The first-order valence-corrected chi connectivity index (χ1v) is 12.1. The summed E-state index contributed by atoms with van der Waals surface area (Å²) in [6.07, 6.45) is 3.41. The lowest BCUT2D eigenvalue weighted by Gasteiger charge is -2.28. The van der Waals surface area contributed by atoms with Crippen LogP contribution in [-0.4, -0.2) is 61.1 Å². The Hall–Kier alpha value is -3.05. The molecule has 196 valence electrons. The lowest BCUT2D eigenvalue weighted by molar-refractivity contribution is -0.148. The van der Waals surface area contributed by atoms with Crippen molar-refractivity contribution in [3.05, 3.63) is 24.2 Å². The Labute approximate surface area is 210 Å². The molecule has 0 N–H and O–H groups in total. The summed E-state index contributed by atoms with van der Waals surface area (Å²) in [5.41, 5.74) is -0.138. The van der Waals surface area contributed by atoms with Crippen molar-refractivity contribution in [2.45, 2.75) is 104 Å². The number of aromatic nitrogens is 4. The molecule has 2 aromatic heterocycles. The Kier molecular flexibility index (Phi) is 6.37. The smallest absolute Gasteiger partial charge is 0.425 e. The predicted molar refractivity (Wildman–Crippen MR) is 132 cm³/mol. The maximum atomic E-state index is 13.2. The number of hydrogen-bond acceptors (Lipinski definition) is 9. The number of carbonyl (C=O) groups excluding carboxylic acids is 2. The molecule has 11 nitrogen and oxygen atoms in total. The van der Waals surface area contributed by atoms with Crippen LogP contribution in [0.25, 0.3) is 11.0 Å². The summed E-state index contributed by atoms with van der Waals surface area (Å²) < 4.78 is 25.1. The summed E-state index contributed by atoms with van der Waals surface area (Å²) in [6, 6.07) is -0.288. The Morgan fingerprint density at radius 3 is 2.22 bits per heavy atom. The van der Waals surface area contributed by atoms with Crippen LogP contribution in [-0.2, 0) is 18.9 Å². The fraction of sp³-hybridized carbons (Fsp3) is 0.640. The summed E-state index contributed by atoms with van der Waals surface area (Å²) in [5, 5.41) is 4.96. The van der Waals surface area contributed by atoms with Gasteiger partial charge in [0.15, 0.2) is 17.3 Å². The highest BCUT2D eigenvalue weighted by Crippen LogP contribution is 2.44. The van der Waals surface area contributed by atoms with E-state index in [-0.39, 0.29) is 24.1 Å². The van der Waals surface area contributed by atoms with E-state index in [1.165, 1.54) is 12.5 Å². The first-order chi connectivity index (χ1) is 16.6. The van der Waals surface area contributed by atoms with Crippen molar-refractivity contribution in [3.8, 4) is 0 Å². The van der Waals surface area contributed by atoms with Gasteiger partial charge in [-0.2, -0.15) is 10.00 Å². The average Bonchev–Trinajstić information content (AvgIpc) is 3.36. The van der Waals surface area contributed by atoms with Crippen molar-refractivity contribution in [2.24, 2.45) is 0 Å². The van der Waals surface area contributed by atoms with E-state index in [1.807, 2.05) is 13.8 Å². The zero-order chi connectivity index (χ0) is 26.6. The Morgan fingerprint density at radius 2 is 1.67 bits per heavy atom. The molecule has 1 fully saturated rings. The molecular formula is C25H35N5O6. The van der Waals surface area contributed by atoms with Crippen LogP contribution < -0.4 is 4.90 Å². The van der Waals surface area contributed by atoms with Crippen LogP contribution in [0.1, 0.15) is 74.8 Å². The molecule has 3 atom stereocenters. The molecule has 1 aliphatic carbocycles. The second-order valence-electron chi connectivity index (χ2n) is 11.4. The third-order valence-corrected chi connectivity index (χ3v) is 5.64. The maximum Gasteiger partial charge on any atom is 0.425 e. The van der Waals surface area contributed by atoms with Gasteiger partial charge in [-0.25, -0.2) is 24.2 Å². The molecule has 11 heteroatoms. The van der Waals surface area contributed by atoms with E-state index < -0.39 is 29.2 Å². The van der Waals surface area contributed by atoms with E-state index in [0.29, 0.717) is 11.0 Å². The first kappa shape index (κ1) is 26.0. The van der Waals surface area contributed by atoms with Crippen LogP contribution in [0.2, 0.25) is 0 Å². The van der Waals surface area contributed by atoms with Crippen LogP contribution in [0.5, 0.6) is 0 Å². The minimum absolute atomic E-state index is 0.0212. The molecule has 2 aliphatic rings. The second kappa shape index (κ2) is 8.81. The molecule has 1 aliphatic heterocycles. The number of nitrogens with zero attached hydrogens (tertiary/aromatic N) is 5. The third kappa shape index (κ3) is 5.08. The number of ether oxygens (including phenoxy) is 4. The highest BCUT2D eigenvalue weighted by molar-refractivity contribution is 6.13. The molecule has 0 spiro atoms. The maximum absolute atomic E-state index is 13.2. The van der Waals surface area contributed by atoms with Crippen molar-refractivity contribution in [3.63, 3.8) is 0 Å². The van der Waals surface area contributed by atoms with Crippen molar-refractivity contribution < 1.29 is 28.5 Å². The summed E-state index contributed by atoms with van der Waals surface area (Å²) in [7, 11) is 0. The Balaban J connectivity index is 1.78. The minimum atomic E-state index is -0.909. The SMILES string of the molecule is CCC1=C[C@@H](n2ncc3c(N(C(=O)OC(C)(C)C)C(=O)OC(C)(C)C)ncnc32)[C@@H]2OC(C)(C)O[C@H]12. The normalized spacial score (nSPS) is 23.4. The number of carbonyl (C=O) groups is 2. The Morgan fingerprint density at radius 1 is 1.06 bits per heavy atom. The second-order valence-corrected chi connectivity index (χ2v) is 11.4. The van der Waals surface area contributed by atoms with Gasteiger partial charge in [0, 0.05) is 0 Å². The van der Waals surface area contributed by atoms with Gasteiger partial charge in [0.2, 0.25) is 0 Å². The van der Waals surface area contributed by atoms with E-state index in [1.54, 1.807) is 46.2 Å². The standard InChI is InChI=1S/C25H35N5O6/c1-10-14-11-16(18-17(14)33-25(8,9)34-18)30-20-15(12-28-30)19(26-13-27-20)29(21(31)35-23(2,3)4)22(32)36-24(5,6)7/h11-13,16-18H,10H2,1-9H3/t16-,17-,18+/m1/s1. The first-order valence-electron chi connectivity index (χ1n) is 12.1. The van der Waals surface area contributed by atoms with Crippen LogP contribution >= 0.6 is 0 Å². The van der Waals surface area contributed by atoms with E-state index in [0.717, 1.165) is 16.9 Å². The van der Waals surface area contributed by atoms with Crippen LogP contribution in [0, 0.1) is 0 Å². The lowest BCUT2D eigenvalue weighted by Crippen LogP contribution is -2.44. The van der Waals surface area contributed by atoms with Gasteiger partial charge >= 0.3 is 12.2 Å². The van der Waals surface area contributed by atoms with E-state index >= 15 is 0 Å². The van der Waals surface area contributed by atoms with Crippen LogP contribution in [0.3, 0.4) is 0 Å². The number of imide groups is 1. The zero-order valence-corrected chi connectivity index (χ0v) is 22.4. The molecular weight excluding hydrogens is 466 g/mol. The van der Waals surface area contributed by atoms with Gasteiger partial charge in [-0.05, 0) is 67.4 Å². The predicted octanol–water partition coefficient (Wildman–Crippen LogP) is 4.91. The highest BCUT2D eigenvalue weighted by atomic mass is 16.8. The van der Waals surface area contributed by atoms with Gasteiger partial charge in [0.25, 0.3) is 0 Å². The van der Waals surface area contributed by atoms with Gasteiger partial charge < -0.3 is 18.9 Å². The highest BCUT2D eigenvalue weighted by Gasteiger charge is 2.50. The number of amides is 2. The largest absolute Gasteiger partial charge is 0.443 e. The molecule has 0 aromatic carbocycles. The topological polar surface area (TPSA) is 118 Å². The van der Waals surface area contributed by atoms with E-state index in [4.69, 9.17) is 18.9 Å². The fourth-order valence-electron chi connectivity index (χ4n) is 4.37. The molecule has 0 saturated carbocycles. The van der Waals surface area contributed by atoms with Crippen LogP contribution in [0.4, 0.5) is 15.4 Å². The third-order valence-electron chi connectivity index (χ3n) is 5.64. The molecule has 3 heterocycles. The van der Waals surface area contributed by atoms with E-state index in [9.17, 15) is 9.59 Å². The monoisotopic (exact) mass is 501 g/mol. The fourth-order valence-corrected chi connectivity index (χ4v) is 4.37. The van der Waals surface area contributed by atoms with Crippen molar-refractivity contribution in [1.29, 1.82) is 0 Å². The molecule has 4 rings (SSSR count). The summed E-state index contributed by atoms with van der Waals surface area (Å²) in [4.78, 5) is 35.8. The van der Waals surface area contributed by atoms with Crippen LogP contribution in [0.15, 0.2) is 24.2 Å². The quantitative estimate of drug-likeness (QED) is 0.540. The van der Waals surface area contributed by atoms with Gasteiger partial charge in [-0.3, -0.25) is 0 Å². The Bertz CT molecular complexity index is 1180. The minimum Gasteiger partial charge on any atom is -0.443 e. The molecule has 0 bridgehead atoms. The average molecular weight is 502 g/mol. The summed E-state index contributed by atoms with van der Waals surface area (Å²) in [6.45, 7) is 16.1. The van der Waals surface area contributed by atoms with E-state index in [2.05, 4.69) is 28.1 Å². The van der Waals surface area contributed by atoms with Gasteiger partial charge in [0.1, 0.15) is 35.8 Å². The van der Waals surface area contributed by atoms with Gasteiger partial charge in [0.05, 0.1) is 11.6 Å². The number of rotatable bonds is 3. The molecule has 2 aromatic rings. The molecule has 1 saturated heterocycles. The van der Waals surface area contributed by atoms with Crippen molar-refractivity contribution in [2.75, 3.05) is 4.90 Å². The molecule has 36 heavy (non-hydrogen) atoms. The number of hydrogen-bond donors (Lipinski definition) is 0. The summed E-state index contributed by atoms with van der Waals surface area (Å²) in [5.74, 6) is -0.705. The molecule has 0 radical (unpaired) electrons. The number of anilines is 1. The molecule has 2 amide bonds. The zero-order valence-electron chi connectivity index (χ0n) is 22.4. The van der Waals surface area contributed by atoms with Crippen molar-refractivity contribution >= 4 is 29.0 Å². The van der Waals surface area contributed by atoms with Gasteiger partial charge in [-0.15, -0.1) is 0 Å². The summed E-state index contributed by atoms with van der Waals surface area (Å²) >= 11 is 0. The van der Waals surface area contributed by atoms with Crippen molar-refractivity contribution in [1.82, 2.24) is 19.7 Å². The number of fused-ring (bicyclic) bond motifs is 2. The molecule has 0 unspecified atom stereocenters.